The fourth-order valence-electron chi connectivity index (χ4n) is 2.24. The standard InChI is InChI=1S/C17H20BrO2P/c1-14(19)17(2,18)13-21(20,15-9-5-3-6-10-15)16-11-7-4-8-12-16/h3-12,14,19H,13H2,1-2H3. The zero-order valence-corrected chi connectivity index (χ0v) is 14.7. The summed E-state index contributed by atoms with van der Waals surface area (Å²) in [6, 6.07) is 19.0. The van der Waals surface area contributed by atoms with E-state index in [0.717, 1.165) is 10.6 Å². The first kappa shape index (κ1) is 16.5. The molecule has 0 fully saturated rings. The number of aliphatic hydroxyl groups excluding tert-OH is 1. The average molecular weight is 367 g/mol. The highest BCUT2D eigenvalue weighted by Gasteiger charge is 2.38. The summed E-state index contributed by atoms with van der Waals surface area (Å²) in [6.07, 6.45) is -0.232. The van der Waals surface area contributed by atoms with Gasteiger partial charge in [0.1, 0.15) is 7.14 Å². The van der Waals surface area contributed by atoms with Crippen LogP contribution in [0.4, 0.5) is 0 Å². The van der Waals surface area contributed by atoms with Gasteiger partial charge in [0.2, 0.25) is 0 Å². The highest BCUT2D eigenvalue weighted by molar-refractivity contribution is 9.10. The molecule has 112 valence electrons. The van der Waals surface area contributed by atoms with Crippen LogP contribution in [0.2, 0.25) is 0 Å². The van der Waals surface area contributed by atoms with E-state index in [4.69, 9.17) is 0 Å². The molecule has 4 heteroatoms. The number of hydrogen-bond donors (Lipinski definition) is 1. The molecule has 21 heavy (non-hydrogen) atoms. The predicted molar refractivity (Wildman–Crippen MR) is 93.6 cm³/mol. The Bertz CT molecular complexity index is 580. The van der Waals surface area contributed by atoms with Crippen LogP contribution < -0.4 is 10.6 Å². The second-order valence-corrected chi connectivity index (χ2v) is 10.2. The van der Waals surface area contributed by atoms with Crippen molar-refractivity contribution in [2.75, 3.05) is 6.16 Å². The third-order valence-electron chi connectivity index (χ3n) is 3.75. The summed E-state index contributed by atoms with van der Waals surface area (Å²) in [7, 11) is -2.81. The van der Waals surface area contributed by atoms with Gasteiger partial charge in [0.25, 0.3) is 0 Å². The van der Waals surface area contributed by atoms with Crippen molar-refractivity contribution in [2.24, 2.45) is 0 Å². The Balaban J connectivity index is 2.54. The Morgan fingerprint density at radius 1 is 1.05 bits per heavy atom. The third kappa shape index (κ3) is 3.66. The summed E-state index contributed by atoms with van der Waals surface area (Å²) < 4.78 is 13.2. The summed E-state index contributed by atoms with van der Waals surface area (Å²) >= 11 is 3.55. The van der Waals surface area contributed by atoms with Crippen LogP contribution in [-0.2, 0) is 4.57 Å². The molecule has 0 aliphatic carbocycles. The second kappa shape index (κ2) is 6.48. The molecule has 2 atom stereocenters. The molecule has 0 bridgehead atoms. The van der Waals surface area contributed by atoms with Gasteiger partial charge in [-0.15, -0.1) is 0 Å². The Labute approximate surface area is 134 Å². The maximum atomic E-state index is 13.8. The molecule has 0 spiro atoms. The first-order chi connectivity index (χ1) is 9.86. The molecule has 2 aromatic rings. The number of rotatable bonds is 5. The van der Waals surface area contributed by atoms with E-state index in [2.05, 4.69) is 15.9 Å². The zero-order chi connectivity index (χ0) is 15.5. The number of benzene rings is 2. The highest BCUT2D eigenvalue weighted by Crippen LogP contribution is 2.48. The molecule has 0 saturated carbocycles. The minimum atomic E-state index is -2.81. The van der Waals surface area contributed by atoms with Crippen molar-refractivity contribution >= 4 is 33.7 Å². The molecule has 0 aliphatic rings. The molecule has 0 heterocycles. The molecule has 2 aromatic carbocycles. The van der Waals surface area contributed by atoms with Crippen molar-refractivity contribution in [1.29, 1.82) is 0 Å². The van der Waals surface area contributed by atoms with Gasteiger partial charge in [0, 0.05) is 16.8 Å². The molecule has 0 saturated heterocycles. The van der Waals surface area contributed by atoms with Crippen molar-refractivity contribution in [3.05, 3.63) is 60.7 Å². The summed E-state index contributed by atoms with van der Waals surface area (Å²) in [4.78, 5) is 0. The summed E-state index contributed by atoms with van der Waals surface area (Å²) in [6.45, 7) is 3.60. The molecular formula is C17H20BrO2P. The van der Waals surface area contributed by atoms with Crippen molar-refractivity contribution in [2.45, 2.75) is 24.3 Å². The first-order valence-electron chi connectivity index (χ1n) is 6.93. The zero-order valence-electron chi connectivity index (χ0n) is 12.2. The third-order valence-corrected chi connectivity index (χ3v) is 8.49. The van der Waals surface area contributed by atoms with Crippen LogP contribution in [0, 0.1) is 0 Å². The second-order valence-electron chi connectivity index (χ2n) is 5.52. The summed E-state index contributed by atoms with van der Waals surface area (Å²) in [5.74, 6) is 0. The highest BCUT2D eigenvalue weighted by atomic mass is 79.9. The Morgan fingerprint density at radius 3 is 1.76 bits per heavy atom. The molecule has 0 aliphatic heterocycles. The minimum absolute atomic E-state index is 0.367. The Morgan fingerprint density at radius 2 is 1.43 bits per heavy atom. The van der Waals surface area contributed by atoms with Crippen LogP contribution in [0.3, 0.4) is 0 Å². The quantitative estimate of drug-likeness (QED) is 0.649. The van der Waals surface area contributed by atoms with Crippen molar-refractivity contribution in [1.82, 2.24) is 0 Å². The maximum absolute atomic E-state index is 13.8. The van der Waals surface area contributed by atoms with E-state index in [1.165, 1.54) is 0 Å². The van der Waals surface area contributed by atoms with Crippen LogP contribution in [0.5, 0.6) is 0 Å². The number of alkyl halides is 1. The first-order valence-corrected chi connectivity index (χ1v) is 9.62. The van der Waals surface area contributed by atoms with Crippen LogP contribution in [-0.4, -0.2) is 21.7 Å². The smallest absolute Gasteiger partial charge is 0.144 e. The lowest BCUT2D eigenvalue weighted by molar-refractivity contribution is 0.165. The van der Waals surface area contributed by atoms with E-state index in [9.17, 15) is 9.67 Å². The van der Waals surface area contributed by atoms with Gasteiger partial charge in [-0.05, 0) is 13.8 Å². The Hall–Kier alpha value is -0.890. The fraction of sp³-hybridized carbons (Fsp3) is 0.294. The van der Waals surface area contributed by atoms with Gasteiger partial charge in [-0.1, -0.05) is 76.6 Å². The van der Waals surface area contributed by atoms with Crippen LogP contribution >= 0.6 is 23.1 Å². The van der Waals surface area contributed by atoms with Crippen LogP contribution in [0.1, 0.15) is 13.8 Å². The van der Waals surface area contributed by atoms with E-state index < -0.39 is 17.6 Å². The SMILES string of the molecule is CC(O)C(C)(Br)CP(=O)(c1ccccc1)c1ccccc1. The van der Waals surface area contributed by atoms with Crippen molar-refractivity contribution in [3.8, 4) is 0 Å². The Kier molecular flexibility index (Phi) is 5.08. The van der Waals surface area contributed by atoms with Crippen molar-refractivity contribution in [3.63, 3.8) is 0 Å². The van der Waals surface area contributed by atoms with Gasteiger partial charge in [-0.25, -0.2) is 0 Å². The van der Waals surface area contributed by atoms with Gasteiger partial charge >= 0.3 is 0 Å². The summed E-state index contributed by atoms with van der Waals surface area (Å²) in [5.41, 5.74) is 0. The average Bonchev–Trinajstić information content (AvgIpc) is 2.48. The molecule has 0 amide bonds. The van der Waals surface area contributed by atoms with Crippen molar-refractivity contribution < 1.29 is 9.67 Å². The molecule has 0 aromatic heterocycles. The van der Waals surface area contributed by atoms with Gasteiger partial charge in [-0.2, -0.15) is 0 Å². The predicted octanol–water partition coefficient (Wildman–Crippen LogP) is 3.53. The molecule has 1 N–H and O–H groups in total. The van der Waals surface area contributed by atoms with Crippen LogP contribution in [0.25, 0.3) is 0 Å². The monoisotopic (exact) mass is 366 g/mol. The van der Waals surface area contributed by atoms with Gasteiger partial charge in [0.05, 0.1) is 10.4 Å². The fourth-order valence-corrected chi connectivity index (χ4v) is 6.40. The molecular weight excluding hydrogens is 347 g/mol. The lowest BCUT2D eigenvalue weighted by Gasteiger charge is -2.31. The molecule has 0 radical (unpaired) electrons. The normalized spacial score (nSPS) is 16.2. The largest absolute Gasteiger partial charge is 0.392 e. The van der Waals surface area contributed by atoms with E-state index in [1.54, 1.807) is 6.92 Å². The van der Waals surface area contributed by atoms with E-state index in [1.807, 2.05) is 67.6 Å². The summed E-state index contributed by atoms with van der Waals surface area (Å²) in [5, 5.41) is 11.6. The maximum Gasteiger partial charge on any atom is 0.144 e. The number of halogens is 1. The van der Waals surface area contributed by atoms with E-state index in [-0.39, 0.29) is 0 Å². The number of aliphatic hydroxyl groups is 1. The lowest BCUT2D eigenvalue weighted by atomic mass is 10.1. The van der Waals surface area contributed by atoms with Gasteiger partial charge < -0.3 is 9.67 Å². The lowest BCUT2D eigenvalue weighted by Crippen LogP contribution is -2.37. The van der Waals surface area contributed by atoms with Crippen LogP contribution in [0.15, 0.2) is 60.7 Å². The minimum Gasteiger partial charge on any atom is -0.392 e. The number of hydrogen-bond acceptors (Lipinski definition) is 2. The molecule has 2 unspecified atom stereocenters. The van der Waals surface area contributed by atoms with Gasteiger partial charge in [-0.3, -0.25) is 0 Å². The molecule has 2 rings (SSSR count). The topological polar surface area (TPSA) is 37.3 Å². The van der Waals surface area contributed by atoms with E-state index >= 15 is 0 Å². The van der Waals surface area contributed by atoms with Gasteiger partial charge in [0.15, 0.2) is 0 Å². The molecule has 2 nitrogen and oxygen atoms in total. The van der Waals surface area contributed by atoms with E-state index in [0.29, 0.717) is 6.16 Å².